The molecular formula is C9H13N5O. The van der Waals surface area contributed by atoms with E-state index in [1.54, 1.807) is 12.7 Å². The summed E-state index contributed by atoms with van der Waals surface area (Å²) < 4.78 is 6.97. The molecule has 0 fully saturated rings. The number of hydrogen-bond donors (Lipinski definition) is 0. The van der Waals surface area contributed by atoms with Gasteiger partial charge >= 0.3 is 0 Å². The second-order valence-corrected chi connectivity index (χ2v) is 3.65. The molecule has 0 radical (unpaired) electrons. The fourth-order valence-electron chi connectivity index (χ4n) is 1.17. The lowest BCUT2D eigenvalue weighted by Gasteiger charge is -1.95. The minimum Gasteiger partial charge on any atom is -0.339 e. The van der Waals surface area contributed by atoms with Crippen LogP contribution in [0.25, 0.3) is 0 Å². The first-order valence-corrected chi connectivity index (χ1v) is 4.90. The van der Waals surface area contributed by atoms with E-state index in [0.29, 0.717) is 5.89 Å². The van der Waals surface area contributed by atoms with Crippen LogP contribution >= 0.6 is 0 Å². The van der Waals surface area contributed by atoms with E-state index < -0.39 is 0 Å². The molecule has 0 aliphatic heterocycles. The Morgan fingerprint density at radius 3 is 2.67 bits per heavy atom. The molecule has 2 heterocycles. The zero-order chi connectivity index (χ0) is 10.7. The molecule has 0 amide bonds. The standard InChI is InChI=1S/C9H13N5O/c1-7(2)9-12-8(13-15-9)3-4-14-5-10-11-6-14/h5-7H,3-4H2,1-2H3. The van der Waals surface area contributed by atoms with E-state index in [1.807, 2.05) is 18.4 Å². The Morgan fingerprint density at radius 1 is 1.33 bits per heavy atom. The molecule has 0 aromatic carbocycles. The van der Waals surface area contributed by atoms with Crippen LogP contribution < -0.4 is 0 Å². The van der Waals surface area contributed by atoms with Crippen LogP contribution in [0.4, 0.5) is 0 Å². The van der Waals surface area contributed by atoms with Gasteiger partial charge in [0.1, 0.15) is 12.7 Å². The largest absolute Gasteiger partial charge is 0.339 e. The van der Waals surface area contributed by atoms with Crippen LogP contribution in [0.2, 0.25) is 0 Å². The van der Waals surface area contributed by atoms with Crippen LogP contribution in [0.3, 0.4) is 0 Å². The minimum absolute atomic E-state index is 0.279. The van der Waals surface area contributed by atoms with E-state index in [4.69, 9.17) is 4.52 Å². The van der Waals surface area contributed by atoms with Gasteiger partial charge in [-0.3, -0.25) is 0 Å². The van der Waals surface area contributed by atoms with E-state index in [2.05, 4.69) is 20.3 Å². The number of nitrogens with zero attached hydrogens (tertiary/aromatic N) is 5. The molecule has 6 heteroatoms. The first-order chi connectivity index (χ1) is 7.25. The van der Waals surface area contributed by atoms with Gasteiger partial charge in [-0.1, -0.05) is 19.0 Å². The molecule has 0 unspecified atom stereocenters. The van der Waals surface area contributed by atoms with Gasteiger partial charge in [-0.2, -0.15) is 4.98 Å². The lowest BCUT2D eigenvalue weighted by Crippen LogP contribution is -2.00. The maximum absolute atomic E-state index is 5.09. The van der Waals surface area contributed by atoms with Crippen molar-refractivity contribution in [3.05, 3.63) is 24.4 Å². The third-order valence-corrected chi connectivity index (χ3v) is 2.04. The van der Waals surface area contributed by atoms with E-state index in [9.17, 15) is 0 Å². The Hall–Kier alpha value is -1.72. The van der Waals surface area contributed by atoms with Crippen molar-refractivity contribution >= 4 is 0 Å². The van der Waals surface area contributed by atoms with Crippen LogP contribution in [0.5, 0.6) is 0 Å². The third-order valence-electron chi connectivity index (χ3n) is 2.04. The molecule has 0 saturated carbocycles. The summed E-state index contributed by atoms with van der Waals surface area (Å²) in [6.07, 6.45) is 4.07. The average Bonchev–Trinajstić information content (AvgIpc) is 2.86. The molecule has 0 atom stereocenters. The zero-order valence-corrected chi connectivity index (χ0v) is 8.79. The maximum Gasteiger partial charge on any atom is 0.229 e. The summed E-state index contributed by atoms with van der Waals surface area (Å²) in [6, 6.07) is 0. The van der Waals surface area contributed by atoms with Crippen molar-refractivity contribution in [3.63, 3.8) is 0 Å². The van der Waals surface area contributed by atoms with Gasteiger partial charge in [0.2, 0.25) is 5.89 Å². The normalized spacial score (nSPS) is 11.1. The Bertz CT molecular complexity index is 406. The smallest absolute Gasteiger partial charge is 0.229 e. The molecule has 2 rings (SSSR count). The summed E-state index contributed by atoms with van der Waals surface area (Å²) in [7, 11) is 0. The van der Waals surface area contributed by atoms with Crippen molar-refractivity contribution in [2.75, 3.05) is 0 Å². The topological polar surface area (TPSA) is 69.6 Å². The highest BCUT2D eigenvalue weighted by Crippen LogP contribution is 2.11. The molecule has 0 aliphatic rings. The predicted octanol–water partition coefficient (Wildman–Crippen LogP) is 1.03. The second-order valence-electron chi connectivity index (χ2n) is 3.65. The summed E-state index contributed by atoms with van der Waals surface area (Å²) in [4.78, 5) is 4.28. The number of aromatic nitrogens is 5. The van der Waals surface area contributed by atoms with Gasteiger partial charge in [-0.15, -0.1) is 10.2 Å². The van der Waals surface area contributed by atoms with Crippen LogP contribution in [0.15, 0.2) is 17.2 Å². The summed E-state index contributed by atoms with van der Waals surface area (Å²) in [5, 5.41) is 11.3. The average molecular weight is 207 g/mol. The van der Waals surface area contributed by atoms with E-state index in [-0.39, 0.29) is 5.92 Å². The zero-order valence-electron chi connectivity index (χ0n) is 8.79. The highest BCUT2D eigenvalue weighted by molar-refractivity contribution is 4.90. The predicted molar refractivity (Wildman–Crippen MR) is 52.1 cm³/mol. The van der Waals surface area contributed by atoms with Gasteiger partial charge in [0.05, 0.1) is 0 Å². The van der Waals surface area contributed by atoms with Crippen molar-refractivity contribution in [1.82, 2.24) is 24.9 Å². The first kappa shape index (κ1) is 9.82. The molecule has 2 aromatic rings. The van der Waals surface area contributed by atoms with Crippen LogP contribution in [-0.2, 0) is 13.0 Å². The van der Waals surface area contributed by atoms with Crippen molar-refractivity contribution in [1.29, 1.82) is 0 Å². The Morgan fingerprint density at radius 2 is 2.07 bits per heavy atom. The van der Waals surface area contributed by atoms with Crippen LogP contribution in [-0.4, -0.2) is 24.9 Å². The molecule has 6 nitrogen and oxygen atoms in total. The maximum atomic E-state index is 5.09. The summed E-state index contributed by atoms with van der Waals surface area (Å²) in [5.41, 5.74) is 0. The van der Waals surface area contributed by atoms with Crippen molar-refractivity contribution in [2.24, 2.45) is 0 Å². The molecule has 2 aromatic heterocycles. The quantitative estimate of drug-likeness (QED) is 0.748. The highest BCUT2D eigenvalue weighted by atomic mass is 16.5. The molecule has 80 valence electrons. The van der Waals surface area contributed by atoms with E-state index >= 15 is 0 Å². The van der Waals surface area contributed by atoms with Gasteiger partial charge in [-0.05, 0) is 0 Å². The van der Waals surface area contributed by atoms with Crippen molar-refractivity contribution in [3.8, 4) is 0 Å². The second kappa shape index (κ2) is 4.20. The molecule has 0 spiro atoms. The van der Waals surface area contributed by atoms with Gasteiger partial charge in [-0.25, -0.2) is 0 Å². The van der Waals surface area contributed by atoms with Crippen LogP contribution in [0, 0.1) is 0 Å². The number of hydrogen-bond acceptors (Lipinski definition) is 5. The number of rotatable bonds is 4. The van der Waals surface area contributed by atoms with E-state index in [0.717, 1.165) is 18.8 Å². The van der Waals surface area contributed by atoms with Crippen molar-refractivity contribution < 1.29 is 4.52 Å². The Balaban J connectivity index is 1.94. The van der Waals surface area contributed by atoms with Crippen LogP contribution in [0.1, 0.15) is 31.5 Å². The lowest BCUT2D eigenvalue weighted by molar-refractivity contribution is 0.360. The van der Waals surface area contributed by atoms with Gasteiger partial charge in [0, 0.05) is 18.9 Å². The fraction of sp³-hybridized carbons (Fsp3) is 0.556. The summed E-state index contributed by atoms with van der Waals surface area (Å²) in [6.45, 7) is 4.82. The molecule has 0 saturated heterocycles. The molecule has 0 bridgehead atoms. The van der Waals surface area contributed by atoms with E-state index in [1.165, 1.54) is 0 Å². The monoisotopic (exact) mass is 207 g/mol. The summed E-state index contributed by atoms with van der Waals surface area (Å²) in [5.74, 6) is 1.70. The van der Waals surface area contributed by atoms with Gasteiger partial charge in [0.25, 0.3) is 0 Å². The Labute approximate surface area is 87.3 Å². The molecular weight excluding hydrogens is 194 g/mol. The van der Waals surface area contributed by atoms with Gasteiger partial charge in [0.15, 0.2) is 5.82 Å². The number of aryl methyl sites for hydroxylation is 2. The fourth-order valence-corrected chi connectivity index (χ4v) is 1.17. The SMILES string of the molecule is CC(C)c1nc(CCn2cnnc2)no1. The van der Waals surface area contributed by atoms with Crippen molar-refractivity contribution in [2.45, 2.75) is 32.7 Å². The third kappa shape index (κ3) is 2.39. The summed E-state index contributed by atoms with van der Waals surface area (Å²) >= 11 is 0. The molecule has 0 N–H and O–H groups in total. The minimum atomic E-state index is 0.279. The molecule has 15 heavy (non-hydrogen) atoms. The Kier molecular flexibility index (Phi) is 2.75. The van der Waals surface area contributed by atoms with Gasteiger partial charge < -0.3 is 9.09 Å². The first-order valence-electron chi connectivity index (χ1n) is 4.90. The highest BCUT2D eigenvalue weighted by Gasteiger charge is 2.09. The lowest BCUT2D eigenvalue weighted by atomic mass is 10.2. The molecule has 0 aliphatic carbocycles.